The molecule has 1 saturated heterocycles. The predicted molar refractivity (Wildman–Crippen MR) is 104 cm³/mol. The number of halogens is 2. The minimum atomic E-state index is -0.351. The Morgan fingerprint density at radius 2 is 1.73 bits per heavy atom. The summed E-state index contributed by atoms with van der Waals surface area (Å²) >= 11 is 11.9. The Bertz CT molecular complexity index is 833. The molecule has 0 aromatic heterocycles. The first-order valence-electron chi connectivity index (χ1n) is 8.28. The molecule has 1 aliphatic rings. The van der Waals surface area contributed by atoms with Crippen LogP contribution in [0.1, 0.15) is 20.7 Å². The summed E-state index contributed by atoms with van der Waals surface area (Å²) in [4.78, 5) is 29.1. The highest BCUT2D eigenvalue weighted by molar-refractivity contribution is 6.37. The highest BCUT2D eigenvalue weighted by Crippen LogP contribution is 2.22. The highest BCUT2D eigenvalue weighted by atomic mass is 35.5. The van der Waals surface area contributed by atoms with Crippen LogP contribution in [0, 0.1) is 0 Å². The lowest BCUT2D eigenvalue weighted by Gasteiger charge is -2.32. The van der Waals surface area contributed by atoms with Gasteiger partial charge in [-0.3, -0.25) is 9.59 Å². The van der Waals surface area contributed by atoms with E-state index >= 15 is 0 Å². The number of amides is 2. The van der Waals surface area contributed by atoms with Gasteiger partial charge in [0.15, 0.2) is 0 Å². The summed E-state index contributed by atoms with van der Waals surface area (Å²) in [7, 11) is 2.04. The number of carbonyl (C=O) groups excluding carboxylic acids is 2. The van der Waals surface area contributed by atoms with Gasteiger partial charge in [0.05, 0.1) is 10.6 Å². The molecule has 2 aromatic carbocycles. The van der Waals surface area contributed by atoms with Crippen LogP contribution < -0.4 is 5.32 Å². The zero-order chi connectivity index (χ0) is 18.7. The Balaban J connectivity index is 1.73. The lowest BCUT2D eigenvalue weighted by atomic mass is 10.1. The fourth-order valence-electron chi connectivity index (χ4n) is 2.79. The Morgan fingerprint density at radius 3 is 2.42 bits per heavy atom. The SMILES string of the molecule is CN1CCN(C(=O)c2cccc(NC(=O)c3ccc(Cl)cc3Cl)c2)CC1. The largest absolute Gasteiger partial charge is 0.336 e. The molecule has 136 valence electrons. The summed E-state index contributed by atoms with van der Waals surface area (Å²) in [6, 6.07) is 11.6. The zero-order valence-corrected chi connectivity index (χ0v) is 15.8. The van der Waals surface area contributed by atoms with E-state index in [1.165, 1.54) is 6.07 Å². The van der Waals surface area contributed by atoms with Crippen LogP contribution in [0.15, 0.2) is 42.5 Å². The lowest BCUT2D eigenvalue weighted by Crippen LogP contribution is -2.47. The number of carbonyl (C=O) groups is 2. The third-order valence-electron chi connectivity index (χ3n) is 4.33. The van der Waals surface area contributed by atoms with E-state index in [1.807, 2.05) is 11.9 Å². The average molecular weight is 392 g/mol. The fourth-order valence-corrected chi connectivity index (χ4v) is 3.29. The second kappa shape index (κ2) is 8.08. The standard InChI is InChI=1S/C19H19Cl2N3O2/c1-23-7-9-24(10-8-23)19(26)13-3-2-4-15(11-13)22-18(25)16-6-5-14(20)12-17(16)21/h2-6,11-12H,7-10H2,1H3,(H,22,25). The van der Waals surface area contributed by atoms with Crippen LogP contribution >= 0.6 is 23.2 Å². The molecule has 0 radical (unpaired) electrons. The molecule has 3 rings (SSSR count). The molecule has 0 bridgehead atoms. The molecule has 0 unspecified atom stereocenters. The van der Waals surface area contributed by atoms with E-state index in [-0.39, 0.29) is 16.8 Å². The summed E-state index contributed by atoms with van der Waals surface area (Å²) in [6.45, 7) is 3.12. The maximum Gasteiger partial charge on any atom is 0.257 e. The number of piperazine rings is 1. The number of nitrogens with one attached hydrogen (secondary N) is 1. The van der Waals surface area contributed by atoms with Crippen molar-refractivity contribution < 1.29 is 9.59 Å². The molecule has 2 aromatic rings. The molecular formula is C19H19Cl2N3O2. The summed E-state index contributed by atoms with van der Waals surface area (Å²) in [5.41, 5.74) is 1.42. The molecule has 0 atom stereocenters. The van der Waals surface area contributed by atoms with Crippen LogP contribution in [-0.4, -0.2) is 54.8 Å². The van der Waals surface area contributed by atoms with E-state index in [2.05, 4.69) is 10.2 Å². The van der Waals surface area contributed by atoms with Crippen LogP contribution in [0.2, 0.25) is 10.0 Å². The number of likely N-dealkylation sites (N-methyl/N-ethyl adjacent to an activating group) is 1. The Hall–Kier alpha value is -2.08. The van der Waals surface area contributed by atoms with Gasteiger partial charge in [0.1, 0.15) is 0 Å². The molecule has 1 N–H and O–H groups in total. The van der Waals surface area contributed by atoms with Crippen LogP contribution in [0.4, 0.5) is 5.69 Å². The van der Waals surface area contributed by atoms with Crippen molar-refractivity contribution >= 4 is 40.7 Å². The predicted octanol–water partition coefficient (Wildman–Crippen LogP) is 3.63. The first-order valence-corrected chi connectivity index (χ1v) is 9.04. The van der Waals surface area contributed by atoms with Crippen molar-refractivity contribution in [2.75, 3.05) is 38.5 Å². The van der Waals surface area contributed by atoms with Gasteiger partial charge in [-0.2, -0.15) is 0 Å². The third-order valence-corrected chi connectivity index (χ3v) is 4.88. The van der Waals surface area contributed by atoms with E-state index in [9.17, 15) is 9.59 Å². The van der Waals surface area contributed by atoms with Crippen molar-refractivity contribution in [3.05, 3.63) is 63.6 Å². The van der Waals surface area contributed by atoms with E-state index in [0.29, 0.717) is 34.9 Å². The van der Waals surface area contributed by atoms with E-state index in [0.717, 1.165) is 13.1 Å². The Kier molecular flexibility index (Phi) is 5.81. The number of hydrogen-bond acceptors (Lipinski definition) is 3. The van der Waals surface area contributed by atoms with Gasteiger partial charge in [-0.05, 0) is 43.4 Å². The van der Waals surface area contributed by atoms with E-state index in [4.69, 9.17) is 23.2 Å². The van der Waals surface area contributed by atoms with Crippen molar-refractivity contribution in [2.45, 2.75) is 0 Å². The first kappa shape index (κ1) is 18.7. The number of rotatable bonds is 3. The van der Waals surface area contributed by atoms with Gasteiger partial charge in [0.25, 0.3) is 11.8 Å². The molecule has 1 fully saturated rings. The van der Waals surface area contributed by atoms with Gasteiger partial charge in [-0.25, -0.2) is 0 Å². The Labute approximate surface area is 162 Å². The molecule has 0 saturated carbocycles. The van der Waals surface area contributed by atoms with Crippen LogP contribution in [0.3, 0.4) is 0 Å². The quantitative estimate of drug-likeness (QED) is 0.868. The smallest absolute Gasteiger partial charge is 0.257 e. The molecular weight excluding hydrogens is 373 g/mol. The van der Waals surface area contributed by atoms with E-state index < -0.39 is 0 Å². The molecule has 0 aliphatic carbocycles. The molecule has 0 spiro atoms. The maximum absolute atomic E-state index is 12.7. The summed E-state index contributed by atoms with van der Waals surface area (Å²) in [5.74, 6) is -0.380. The highest BCUT2D eigenvalue weighted by Gasteiger charge is 2.20. The van der Waals surface area contributed by atoms with Gasteiger partial charge in [0, 0.05) is 42.5 Å². The first-order chi connectivity index (χ1) is 12.4. The molecule has 1 aliphatic heterocycles. The molecule has 1 heterocycles. The monoisotopic (exact) mass is 391 g/mol. The number of nitrogens with zero attached hydrogens (tertiary/aromatic N) is 2. The maximum atomic E-state index is 12.7. The number of hydrogen-bond donors (Lipinski definition) is 1. The van der Waals surface area contributed by atoms with Gasteiger partial charge < -0.3 is 15.1 Å². The van der Waals surface area contributed by atoms with Gasteiger partial charge in [-0.15, -0.1) is 0 Å². The van der Waals surface area contributed by atoms with Crippen LogP contribution in [0.5, 0.6) is 0 Å². The van der Waals surface area contributed by atoms with Crippen molar-refractivity contribution in [3.8, 4) is 0 Å². The number of anilines is 1. The van der Waals surface area contributed by atoms with Crippen LogP contribution in [0.25, 0.3) is 0 Å². The lowest BCUT2D eigenvalue weighted by molar-refractivity contribution is 0.0664. The summed E-state index contributed by atoms with van der Waals surface area (Å²) in [6.07, 6.45) is 0. The zero-order valence-electron chi connectivity index (χ0n) is 14.3. The van der Waals surface area contributed by atoms with Crippen molar-refractivity contribution in [1.29, 1.82) is 0 Å². The summed E-state index contributed by atoms with van der Waals surface area (Å²) in [5, 5.41) is 3.52. The third kappa shape index (κ3) is 4.36. The molecule has 26 heavy (non-hydrogen) atoms. The van der Waals surface area contributed by atoms with Gasteiger partial charge >= 0.3 is 0 Å². The van der Waals surface area contributed by atoms with Crippen molar-refractivity contribution in [2.24, 2.45) is 0 Å². The minimum Gasteiger partial charge on any atom is -0.336 e. The normalized spacial score (nSPS) is 15.0. The molecule has 7 heteroatoms. The second-order valence-electron chi connectivity index (χ2n) is 6.25. The van der Waals surface area contributed by atoms with Crippen molar-refractivity contribution in [3.63, 3.8) is 0 Å². The fraction of sp³-hybridized carbons (Fsp3) is 0.263. The molecule has 5 nitrogen and oxygen atoms in total. The van der Waals surface area contributed by atoms with Gasteiger partial charge in [-0.1, -0.05) is 29.3 Å². The minimum absolute atomic E-state index is 0.0290. The Morgan fingerprint density at radius 1 is 1.00 bits per heavy atom. The van der Waals surface area contributed by atoms with E-state index in [1.54, 1.807) is 36.4 Å². The summed E-state index contributed by atoms with van der Waals surface area (Å²) < 4.78 is 0. The van der Waals surface area contributed by atoms with Crippen molar-refractivity contribution in [1.82, 2.24) is 9.80 Å². The second-order valence-corrected chi connectivity index (χ2v) is 7.10. The van der Waals surface area contributed by atoms with Gasteiger partial charge in [0.2, 0.25) is 0 Å². The van der Waals surface area contributed by atoms with Crippen LogP contribution in [-0.2, 0) is 0 Å². The average Bonchev–Trinajstić information content (AvgIpc) is 2.62. The number of benzene rings is 2. The molecule has 2 amide bonds. The topological polar surface area (TPSA) is 52.6 Å².